The zero-order valence-corrected chi connectivity index (χ0v) is 18.7. The number of benzene rings is 2. The largest absolute Gasteiger partial charge is 0.496 e. The van der Waals surface area contributed by atoms with Crippen LogP contribution in [0.5, 0.6) is 5.75 Å². The normalized spacial score (nSPS) is 12.5. The van der Waals surface area contributed by atoms with Gasteiger partial charge >= 0.3 is 5.76 Å². The Kier molecular flexibility index (Phi) is 5.02. The lowest BCUT2D eigenvalue weighted by molar-refractivity contribution is 0.277. The van der Waals surface area contributed by atoms with Crippen LogP contribution in [0.25, 0.3) is 33.1 Å². The van der Waals surface area contributed by atoms with Gasteiger partial charge in [0.05, 0.1) is 36.5 Å². The van der Waals surface area contributed by atoms with Crippen molar-refractivity contribution in [2.75, 3.05) is 7.11 Å². The van der Waals surface area contributed by atoms with Gasteiger partial charge in [0.2, 0.25) is 0 Å². The molecule has 0 radical (unpaired) electrons. The molecule has 168 valence electrons. The first kappa shape index (κ1) is 21.0. The van der Waals surface area contributed by atoms with E-state index >= 15 is 0 Å². The highest BCUT2D eigenvalue weighted by Crippen LogP contribution is 2.40. The van der Waals surface area contributed by atoms with Gasteiger partial charge in [0.25, 0.3) is 0 Å². The highest BCUT2D eigenvalue weighted by molar-refractivity contribution is 6.05. The van der Waals surface area contributed by atoms with Crippen molar-refractivity contribution in [1.29, 1.82) is 0 Å². The van der Waals surface area contributed by atoms with Crippen LogP contribution in [0.4, 0.5) is 0 Å². The number of nitrogens with zero attached hydrogens (tertiary/aromatic N) is 3. The number of rotatable bonds is 5. The number of aliphatic hydroxyl groups is 1. The predicted octanol–water partition coefficient (Wildman–Crippen LogP) is 4.52. The molecule has 33 heavy (non-hydrogen) atoms. The Morgan fingerprint density at radius 2 is 1.94 bits per heavy atom. The fourth-order valence-corrected chi connectivity index (χ4v) is 4.45. The Balaban J connectivity index is 1.88. The van der Waals surface area contributed by atoms with E-state index in [1.165, 1.54) is 0 Å². The molecule has 0 saturated carbocycles. The number of pyridine rings is 1. The topological polar surface area (TPSA) is 104 Å². The summed E-state index contributed by atoms with van der Waals surface area (Å²) < 4.78 is 18.3. The number of oxazole rings is 1. The zero-order valence-electron chi connectivity index (χ0n) is 18.7. The van der Waals surface area contributed by atoms with Gasteiger partial charge < -0.3 is 18.8 Å². The van der Waals surface area contributed by atoms with Crippen LogP contribution in [0.2, 0.25) is 0 Å². The minimum absolute atomic E-state index is 0.268. The monoisotopic (exact) mass is 445 g/mol. The molecule has 0 aliphatic heterocycles. The van der Waals surface area contributed by atoms with Crippen LogP contribution in [0.3, 0.4) is 0 Å². The number of hydrogen-bond acceptors (Lipinski definition) is 7. The Bertz CT molecular complexity index is 1530. The van der Waals surface area contributed by atoms with Gasteiger partial charge in [0.1, 0.15) is 22.7 Å². The first-order valence-corrected chi connectivity index (χ1v) is 10.6. The highest BCUT2D eigenvalue weighted by atomic mass is 16.5. The van der Waals surface area contributed by atoms with E-state index < -0.39 is 5.76 Å². The van der Waals surface area contributed by atoms with E-state index in [9.17, 15) is 9.90 Å². The summed E-state index contributed by atoms with van der Waals surface area (Å²) in [5.74, 6) is 0.731. The van der Waals surface area contributed by atoms with Crippen molar-refractivity contribution >= 4 is 22.0 Å². The number of hydrogen-bond donors (Lipinski definition) is 1. The van der Waals surface area contributed by atoms with Crippen molar-refractivity contribution < 1.29 is 18.8 Å². The molecule has 5 aromatic rings. The maximum Gasteiger partial charge on any atom is 0.420 e. The number of aryl methyl sites for hydroxylation is 2. The van der Waals surface area contributed by atoms with E-state index in [1.807, 2.05) is 63.2 Å². The third kappa shape index (κ3) is 3.22. The second-order valence-electron chi connectivity index (χ2n) is 7.99. The quantitative estimate of drug-likeness (QED) is 0.424. The highest BCUT2D eigenvalue weighted by Gasteiger charge is 2.24. The first-order chi connectivity index (χ1) is 15.9. The average Bonchev–Trinajstić information content (AvgIpc) is 3.35. The molecule has 1 N–H and O–H groups in total. The second-order valence-corrected chi connectivity index (χ2v) is 7.99. The molecule has 3 heterocycles. The van der Waals surface area contributed by atoms with Gasteiger partial charge in [-0.15, -0.1) is 0 Å². The molecule has 1 atom stereocenters. The van der Waals surface area contributed by atoms with Crippen molar-refractivity contribution in [1.82, 2.24) is 14.7 Å². The fourth-order valence-electron chi connectivity index (χ4n) is 4.45. The Morgan fingerprint density at radius 1 is 1.18 bits per heavy atom. The van der Waals surface area contributed by atoms with Gasteiger partial charge in [-0.2, -0.15) is 0 Å². The SMILES string of the molecule is COc1cc2c(cc1-c1c(C)noc1C)nc(CO)c1oc(=O)n([C@H](C)c3ccccc3)c12. The van der Waals surface area contributed by atoms with Crippen molar-refractivity contribution in [3.8, 4) is 16.9 Å². The van der Waals surface area contributed by atoms with Crippen LogP contribution in [-0.4, -0.2) is 26.9 Å². The first-order valence-electron chi connectivity index (χ1n) is 10.6. The summed E-state index contributed by atoms with van der Waals surface area (Å²) >= 11 is 0. The van der Waals surface area contributed by atoms with Crippen molar-refractivity contribution in [3.63, 3.8) is 0 Å². The van der Waals surface area contributed by atoms with E-state index in [-0.39, 0.29) is 18.2 Å². The number of aromatic nitrogens is 3. The van der Waals surface area contributed by atoms with Crippen LogP contribution in [0.1, 0.15) is 35.7 Å². The molecule has 0 aliphatic carbocycles. The van der Waals surface area contributed by atoms with E-state index in [0.717, 1.165) is 22.4 Å². The van der Waals surface area contributed by atoms with E-state index in [4.69, 9.17) is 13.7 Å². The number of fused-ring (bicyclic) bond motifs is 3. The Morgan fingerprint density at radius 3 is 2.58 bits per heavy atom. The molecule has 0 spiro atoms. The minimum atomic E-state index is -0.515. The number of aliphatic hydroxyl groups excluding tert-OH is 1. The predicted molar refractivity (Wildman–Crippen MR) is 123 cm³/mol. The van der Waals surface area contributed by atoms with Crippen LogP contribution in [0.15, 0.2) is 56.2 Å². The third-order valence-electron chi connectivity index (χ3n) is 6.05. The lowest BCUT2D eigenvalue weighted by Crippen LogP contribution is -2.19. The van der Waals surface area contributed by atoms with E-state index in [2.05, 4.69) is 10.1 Å². The van der Waals surface area contributed by atoms with Gasteiger partial charge in [-0.1, -0.05) is 35.5 Å². The fraction of sp³-hybridized carbons (Fsp3) is 0.240. The smallest absolute Gasteiger partial charge is 0.420 e. The second kappa shape index (κ2) is 7.90. The summed E-state index contributed by atoms with van der Waals surface area (Å²) in [4.78, 5) is 17.6. The molecule has 0 fully saturated rings. The van der Waals surface area contributed by atoms with Gasteiger partial charge in [-0.3, -0.25) is 4.57 Å². The lowest BCUT2D eigenvalue weighted by atomic mass is 10.00. The minimum Gasteiger partial charge on any atom is -0.496 e. The molecular formula is C25H23N3O5. The molecule has 0 unspecified atom stereocenters. The molecular weight excluding hydrogens is 422 g/mol. The van der Waals surface area contributed by atoms with E-state index in [0.29, 0.717) is 33.6 Å². The van der Waals surface area contributed by atoms with Gasteiger partial charge in [0.15, 0.2) is 5.58 Å². The molecule has 0 bridgehead atoms. The van der Waals surface area contributed by atoms with Gasteiger partial charge in [-0.05, 0) is 38.5 Å². The van der Waals surface area contributed by atoms with E-state index in [1.54, 1.807) is 11.7 Å². The Labute approximate surface area is 189 Å². The average molecular weight is 445 g/mol. The molecule has 8 nitrogen and oxygen atoms in total. The summed E-state index contributed by atoms with van der Waals surface area (Å²) in [7, 11) is 1.59. The third-order valence-corrected chi connectivity index (χ3v) is 6.05. The molecule has 0 amide bonds. The molecule has 0 aliphatic rings. The van der Waals surface area contributed by atoms with Crippen LogP contribution in [-0.2, 0) is 6.61 Å². The number of methoxy groups -OCH3 is 1. The summed E-state index contributed by atoms with van der Waals surface area (Å²) in [6.45, 7) is 5.27. The number of ether oxygens (including phenoxy) is 1. The standard InChI is InChI=1S/C25H23N3O5/c1-13-22(15(3)33-27-13)18-10-19-17(11-21(18)31-4)23-24(20(12-29)26-19)32-25(30)28(23)14(2)16-8-6-5-7-9-16/h5-11,14,29H,12H2,1-4H3/t14-/m1/s1. The summed E-state index contributed by atoms with van der Waals surface area (Å²) in [6.07, 6.45) is 0. The van der Waals surface area contributed by atoms with Crippen molar-refractivity contribution in [3.05, 3.63) is 75.7 Å². The maximum absolute atomic E-state index is 13.0. The molecule has 3 aromatic heterocycles. The lowest BCUT2D eigenvalue weighted by Gasteiger charge is -2.16. The van der Waals surface area contributed by atoms with Gasteiger partial charge in [-0.25, -0.2) is 9.78 Å². The molecule has 5 rings (SSSR count). The maximum atomic E-state index is 13.0. The molecule has 0 saturated heterocycles. The molecule has 8 heteroatoms. The van der Waals surface area contributed by atoms with Crippen molar-refractivity contribution in [2.24, 2.45) is 0 Å². The zero-order chi connectivity index (χ0) is 23.3. The van der Waals surface area contributed by atoms with Crippen molar-refractivity contribution in [2.45, 2.75) is 33.4 Å². The van der Waals surface area contributed by atoms with Crippen LogP contribution in [0, 0.1) is 13.8 Å². The summed E-state index contributed by atoms with van der Waals surface area (Å²) in [6, 6.07) is 13.1. The summed E-state index contributed by atoms with van der Waals surface area (Å²) in [5, 5.41) is 14.7. The van der Waals surface area contributed by atoms with Gasteiger partial charge in [0, 0.05) is 10.9 Å². The summed E-state index contributed by atoms with van der Waals surface area (Å²) in [5.41, 5.74) is 5.00. The molecule has 2 aromatic carbocycles. The van der Waals surface area contributed by atoms with Crippen LogP contribution < -0.4 is 10.5 Å². The van der Waals surface area contributed by atoms with Crippen LogP contribution >= 0.6 is 0 Å². The Hall–Kier alpha value is -3.91.